The average Bonchev–Trinajstić information content (AvgIpc) is 3.15. The molecular formula is C15H19NO2. The molecule has 0 N–H and O–H groups in total. The molecule has 1 aromatic heterocycles. The Kier molecular flexibility index (Phi) is 2.77. The predicted octanol–water partition coefficient (Wildman–Crippen LogP) is 3.22. The quantitative estimate of drug-likeness (QED) is 0.712. The maximum absolute atomic E-state index is 12.4. The summed E-state index contributed by atoms with van der Waals surface area (Å²) in [6, 6.07) is 1.85. The molecule has 18 heavy (non-hydrogen) atoms. The van der Waals surface area contributed by atoms with Crippen molar-refractivity contribution < 1.29 is 9.21 Å². The van der Waals surface area contributed by atoms with E-state index in [1.807, 2.05) is 24.8 Å². The fourth-order valence-corrected chi connectivity index (χ4v) is 2.76. The van der Waals surface area contributed by atoms with Gasteiger partial charge in [-0.2, -0.15) is 0 Å². The van der Waals surface area contributed by atoms with Gasteiger partial charge in [-0.05, 0) is 45.6 Å². The van der Waals surface area contributed by atoms with E-state index in [0.29, 0.717) is 0 Å². The predicted molar refractivity (Wildman–Crippen MR) is 69.6 cm³/mol. The van der Waals surface area contributed by atoms with Crippen LogP contribution in [0.15, 0.2) is 21.6 Å². The first-order valence-electron chi connectivity index (χ1n) is 6.71. The lowest BCUT2D eigenvalue weighted by atomic mass is 10.0. The van der Waals surface area contributed by atoms with E-state index in [2.05, 4.69) is 0 Å². The highest BCUT2D eigenvalue weighted by Gasteiger charge is 2.26. The molecule has 1 saturated carbocycles. The Hall–Kier alpha value is -1.51. The van der Waals surface area contributed by atoms with Crippen molar-refractivity contribution in [1.29, 1.82) is 0 Å². The van der Waals surface area contributed by atoms with Gasteiger partial charge < -0.3 is 9.32 Å². The second-order valence-electron chi connectivity index (χ2n) is 5.33. The molecule has 1 aromatic rings. The number of hydrogen-bond donors (Lipinski definition) is 0. The Morgan fingerprint density at radius 3 is 2.22 bits per heavy atom. The van der Waals surface area contributed by atoms with Crippen molar-refractivity contribution in [3.8, 4) is 0 Å². The maximum Gasteiger partial charge on any atom is 0.257 e. The van der Waals surface area contributed by atoms with E-state index >= 15 is 0 Å². The van der Waals surface area contributed by atoms with Crippen LogP contribution in [0.25, 0.3) is 0 Å². The third kappa shape index (κ3) is 2.09. The largest absolute Gasteiger partial charge is 0.466 e. The van der Waals surface area contributed by atoms with Gasteiger partial charge >= 0.3 is 0 Å². The van der Waals surface area contributed by atoms with Crippen LogP contribution in [-0.4, -0.2) is 23.9 Å². The van der Waals surface area contributed by atoms with Crippen molar-refractivity contribution in [3.63, 3.8) is 0 Å². The van der Waals surface area contributed by atoms with Gasteiger partial charge in [0.25, 0.3) is 5.91 Å². The lowest BCUT2D eigenvalue weighted by Gasteiger charge is -2.28. The minimum atomic E-state index is 0.129. The van der Waals surface area contributed by atoms with E-state index in [-0.39, 0.29) is 5.91 Å². The van der Waals surface area contributed by atoms with Gasteiger partial charge in [0.1, 0.15) is 11.5 Å². The van der Waals surface area contributed by atoms with Gasteiger partial charge in [0.05, 0.1) is 5.56 Å². The summed E-state index contributed by atoms with van der Waals surface area (Å²) in [5.41, 5.74) is 3.99. The molecule has 0 unspecified atom stereocenters. The summed E-state index contributed by atoms with van der Waals surface area (Å²) in [5, 5.41) is 0. The lowest BCUT2D eigenvalue weighted by Crippen LogP contribution is -2.36. The SMILES string of the molecule is Cc1cc(C(=O)N2CCC(=C3CC3)CC2)c(C)o1. The van der Waals surface area contributed by atoms with Gasteiger partial charge in [0.2, 0.25) is 0 Å². The second kappa shape index (κ2) is 4.30. The van der Waals surface area contributed by atoms with Gasteiger partial charge in [0, 0.05) is 13.1 Å². The van der Waals surface area contributed by atoms with Crippen molar-refractivity contribution in [2.45, 2.75) is 39.5 Å². The summed E-state index contributed by atoms with van der Waals surface area (Å²) in [6.07, 6.45) is 4.72. The van der Waals surface area contributed by atoms with E-state index in [0.717, 1.165) is 43.0 Å². The molecule has 2 heterocycles. The fourth-order valence-electron chi connectivity index (χ4n) is 2.76. The molecule has 3 nitrogen and oxygen atoms in total. The van der Waals surface area contributed by atoms with E-state index in [4.69, 9.17) is 4.42 Å². The molecule has 0 spiro atoms. The maximum atomic E-state index is 12.4. The van der Waals surface area contributed by atoms with Gasteiger partial charge in [-0.3, -0.25) is 4.79 Å². The van der Waals surface area contributed by atoms with Crippen molar-refractivity contribution in [1.82, 2.24) is 4.90 Å². The number of likely N-dealkylation sites (tertiary alicyclic amines) is 1. The van der Waals surface area contributed by atoms with Crippen molar-refractivity contribution >= 4 is 5.91 Å². The number of nitrogens with zero attached hydrogens (tertiary/aromatic N) is 1. The molecule has 3 rings (SSSR count). The number of hydrogen-bond acceptors (Lipinski definition) is 2. The third-order valence-corrected chi connectivity index (χ3v) is 3.93. The molecule has 1 aliphatic carbocycles. The Bertz CT molecular complexity index is 509. The normalized spacial score (nSPS) is 19.3. The van der Waals surface area contributed by atoms with Crippen molar-refractivity contribution in [2.24, 2.45) is 0 Å². The Morgan fingerprint density at radius 2 is 1.72 bits per heavy atom. The van der Waals surface area contributed by atoms with Crippen LogP contribution < -0.4 is 0 Å². The smallest absolute Gasteiger partial charge is 0.257 e. The highest BCUT2D eigenvalue weighted by atomic mass is 16.3. The van der Waals surface area contributed by atoms with Crippen LogP contribution in [0.4, 0.5) is 0 Å². The molecule has 0 radical (unpaired) electrons. The first kappa shape index (κ1) is 11.6. The molecule has 1 saturated heterocycles. The molecule has 0 aromatic carbocycles. The van der Waals surface area contributed by atoms with Crippen LogP contribution in [0, 0.1) is 13.8 Å². The monoisotopic (exact) mass is 245 g/mol. The van der Waals surface area contributed by atoms with Gasteiger partial charge in [-0.15, -0.1) is 0 Å². The number of piperidine rings is 1. The summed E-state index contributed by atoms with van der Waals surface area (Å²) in [7, 11) is 0. The molecule has 1 amide bonds. The number of furan rings is 1. The van der Waals surface area contributed by atoms with Crippen LogP contribution in [0.1, 0.15) is 47.6 Å². The number of rotatable bonds is 1. The van der Waals surface area contributed by atoms with Crippen LogP contribution in [0.5, 0.6) is 0 Å². The standard InChI is InChI=1S/C15H19NO2/c1-10-9-14(11(2)18-10)15(17)16-7-5-13(6-8-16)12-3-4-12/h9H,3-8H2,1-2H3. The zero-order chi connectivity index (χ0) is 12.7. The van der Waals surface area contributed by atoms with Crippen LogP contribution in [0.3, 0.4) is 0 Å². The van der Waals surface area contributed by atoms with Crippen molar-refractivity contribution in [2.75, 3.05) is 13.1 Å². The Labute approximate surface area is 107 Å². The molecule has 2 fully saturated rings. The van der Waals surface area contributed by atoms with Crippen LogP contribution in [0.2, 0.25) is 0 Å². The Balaban J connectivity index is 1.71. The summed E-state index contributed by atoms with van der Waals surface area (Å²) >= 11 is 0. The highest BCUT2D eigenvalue weighted by Crippen LogP contribution is 2.36. The molecule has 96 valence electrons. The molecule has 0 bridgehead atoms. The molecule has 3 heteroatoms. The summed E-state index contributed by atoms with van der Waals surface area (Å²) in [4.78, 5) is 14.3. The second-order valence-corrected chi connectivity index (χ2v) is 5.33. The van der Waals surface area contributed by atoms with E-state index in [1.54, 1.807) is 11.1 Å². The Morgan fingerprint density at radius 1 is 1.11 bits per heavy atom. The van der Waals surface area contributed by atoms with E-state index in [1.165, 1.54) is 12.8 Å². The number of amides is 1. The van der Waals surface area contributed by atoms with E-state index in [9.17, 15) is 4.79 Å². The number of carbonyl (C=O) groups is 1. The lowest BCUT2D eigenvalue weighted by molar-refractivity contribution is 0.0741. The zero-order valence-corrected chi connectivity index (χ0v) is 11.1. The molecule has 1 aliphatic heterocycles. The molecule has 0 atom stereocenters. The summed E-state index contributed by atoms with van der Waals surface area (Å²) < 4.78 is 5.44. The first-order valence-corrected chi connectivity index (χ1v) is 6.71. The van der Waals surface area contributed by atoms with Gasteiger partial charge in [-0.1, -0.05) is 11.1 Å². The molecular weight excluding hydrogens is 226 g/mol. The van der Waals surface area contributed by atoms with Gasteiger partial charge in [-0.25, -0.2) is 0 Å². The van der Waals surface area contributed by atoms with Crippen LogP contribution >= 0.6 is 0 Å². The summed E-state index contributed by atoms with van der Waals surface area (Å²) in [5.74, 6) is 1.68. The number of carbonyl (C=O) groups excluding carboxylic acids is 1. The summed E-state index contributed by atoms with van der Waals surface area (Å²) in [6.45, 7) is 5.47. The highest BCUT2D eigenvalue weighted by molar-refractivity contribution is 5.95. The minimum absolute atomic E-state index is 0.129. The minimum Gasteiger partial charge on any atom is -0.466 e. The van der Waals surface area contributed by atoms with Gasteiger partial charge in [0.15, 0.2) is 0 Å². The average molecular weight is 245 g/mol. The fraction of sp³-hybridized carbons (Fsp3) is 0.533. The topological polar surface area (TPSA) is 33.5 Å². The van der Waals surface area contributed by atoms with Crippen molar-refractivity contribution in [3.05, 3.63) is 34.3 Å². The third-order valence-electron chi connectivity index (χ3n) is 3.93. The zero-order valence-electron chi connectivity index (χ0n) is 11.1. The van der Waals surface area contributed by atoms with E-state index < -0.39 is 0 Å². The molecule has 2 aliphatic rings. The first-order chi connectivity index (χ1) is 8.65. The number of aryl methyl sites for hydroxylation is 2. The number of allylic oxidation sites excluding steroid dienone is 1. The van der Waals surface area contributed by atoms with Crippen LogP contribution in [-0.2, 0) is 0 Å².